The fourth-order valence-electron chi connectivity index (χ4n) is 4.99. The summed E-state index contributed by atoms with van der Waals surface area (Å²) in [5.41, 5.74) is 0.872. The summed E-state index contributed by atoms with van der Waals surface area (Å²) in [5, 5.41) is 11.7. The first-order valence-electron chi connectivity index (χ1n) is 14.0. The Morgan fingerprint density at radius 2 is 1.83 bits per heavy atom. The third-order valence-electron chi connectivity index (χ3n) is 7.20. The Hall–Kier alpha value is -3.60. The van der Waals surface area contributed by atoms with Crippen LogP contribution in [-0.4, -0.2) is 96.2 Å². The molecule has 0 spiro atoms. The Balaban J connectivity index is 1.40. The van der Waals surface area contributed by atoms with Gasteiger partial charge in [-0.1, -0.05) is 23.8 Å². The van der Waals surface area contributed by atoms with Gasteiger partial charge in [0.1, 0.15) is 30.4 Å². The molecule has 1 aliphatic rings. The number of aromatic nitrogens is 2. The predicted octanol–water partition coefficient (Wildman–Crippen LogP) is 3.08. The van der Waals surface area contributed by atoms with Crippen LogP contribution in [0.2, 0.25) is 0 Å². The molecule has 0 saturated carbocycles. The number of hydrogen-bond donors (Lipinski definition) is 1. The highest BCUT2D eigenvalue weighted by Crippen LogP contribution is 2.29. The highest BCUT2D eigenvalue weighted by molar-refractivity contribution is 5.77. The van der Waals surface area contributed by atoms with E-state index in [1.54, 1.807) is 18.2 Å². The van der Waals surface area contributed by atoms with E-state index in [1.165, 1.54) is 7.11 Å². The van der Waals surface area contributed by atoms with Crippen LogP contribution in [0.5, 0.6) is 17.2 Å². The third kappa shape index (κ3) is 8.69. The summed E-state index contributed by atoms with van der Waals surface area (Å²) in [6.07, 6.45) is 4.61. The molecule has 0 bridgehead atoms. The lowest BCUT2D eigenvalue weighted by Crippen LogP contribution is -2.52. The fraction of sp³-hybridized carbons (Fsp3) is 0.484. The number of imidazole rings is 1. The van der Waals surface area contributed by atoms with Crippen molar-refractivity contribution < 1.29 is 28.8 Å². The molecule has 10 nitrogen and oxygen atoms in total. The second-order valence-corrected chi connectivity index (χ2v) is 10.6. The third-order valence-corrected chi connectivity index (χ3v) is 7.20. The van der Waals surface area contributed by atoms with Crippen LogP contribution in [0.4, 0.5) is 0 Å². The molecule has 1 aromatic heterocycles. The minimum atomic E-state index is -1.27. The summed E-state index contributed by atoms with van der Waals surface area (Å²) >= 11 is 0. The number of aryl methyl sites for hydroxylation is 3. The molecule has 0 radical (unpaired) electrons. The van der Waals surface area contributed by atoms with Crippen LogP contribution < -0.4 is 14.2 Å². The number of carbonyl (C=O) groups excluding carboxylic acids is 1. The molecule has 0 aliphatic carbocycles. The maximum atomic E-state index is 12.7. The van der Waals surface area contributed by atoms with Gasteiger partial charge in [-0.05, 0) is 50.1 Å². The van der Waals surface area contributed by atoms with Gasteiger partial charge in [-0.3, -0.25) is 9.69 Å². The molecule has 1 amide bonds. The standard InChI is InChI=1S/C31H42N4O6/c1-24-6-9-27(10-7-24)41-23-31(37)21-33(15-16-35(22-31)30(36)20-38-3)19-26-8-11-28(29(18-26)39-4)40-17-5-13-34-14-12-32-25(34)2/h6-12,14,18,37H,5,13,15-17,19-23H2,1-4H3/t31-/m1/s1. The van der Waals surface area contributed by atoms with Crippen LogP contribution in [0.1, 0.15) is 23.4 Å². The summed E-state index contributed by atoms with van der Waals surface area (Å²) in [5.74, 6) is 2.85. The topological polar surface area (TPSA) is 98.5 Å². The minimum Gasteiger partial charge on any atom is -0.493 e. The van der Waals surface area contributed by atoms with Crippen molar-refractivity contribution >= 4 is 5.91 Å². The van der Waals surface area contributed by atoms with Crippen LogP contribution in [-0.2, 0) is 22.6 Å². The molecular formula is C31H42N4O6. The van der Waals surface area contributed by atoms with Gasteiger partial charge in [-0.15, -0.1) is 0 Å². The van der Waals surface area contributed by atoms with E-state index in [0.717, 1.165) is 29.9 Å². The molecule has 10 heteroatoms. The molecule has 1 fully saturated rings. The van der Waals surface area contributed by atoms with Gasteiger partial charge in [0, 0.05) is 52.2 Å². The Morgan fingerprint density at radius 3 is 2.54 bits per heavy atom. The Labute approximate surface area is 242 Å². The zero-order valence-electron chi connectivity index (χ0n) is 24.5. The SMILES string of the molecule is COCC(=O)N1CCN(Cc2ccc(OCCCn3ccnc3C)c(OC)c2)C[C@](O)(COc2ccc(C)cc2)C1. The number of benzene rings is 2. The molecule has 1 N–H and O–H groups in total. The van der Waals surface area contributed by atoms with Crippen molar-refractivity contribution in [2.75, 3.05) is 60.2 Å². The number of rotatable bonds is 13. The second-order valence-electron chi connectivity index (χ2n) is 10.6. The number of hydrogen-bond acceptors (Lipinski definition) is 8. The van der Waals surface area contributed by atoms with E-state index in [0.29, 0.717) is 50.0 Å². The molecule has 2 heterocycles. The zero-order chi connectivity index (χ0) is 29.2. The minimum absolute atomic E-state index is 0.0323. The number of β-amino-alcohol motifs (C(OH)–C–C–N with tert-alkyl or cyclic N) is 1. The summed E-state index contributed by atoms with van der Waals surface area (Å²) in [6.45, 7) is 7.54. The molecule has 0 unspecified atom stereocenters. The molecule has 41 heavy (non-hydrogen) atoms. The van der Waals surface area contributed by atoms with Gasteiger partial charge in [0.2, 0.25) is 5.91 Å². The van der Waals surface area contributed by atoms with Crippen LogP contribution in [0.25, 0.3) is 0 Å². The second kappa shape index (κ2) is 14.3. The first kappa shape index (κ1) is 30.4. The van der Waals surface area contributed by atoms with Crippen molar-refractivity contribution in [2.45, 2.75) is 39.0 Å². The normalized spacial score (nSPS) is 17.7. The van der Waals surface area contributed by atoms with Gasteiger partial charge in [0.15, 0.2) is 11.5 Å². The molecule has 1 saturated heterocycles. The Bertz CT molecular complexity index is 1260. The number of aliphatic hydroxyl groups is 1. The number of amides is 1. The first-order chi connectivity index (χ1) is 19.8. The summed E-state index contributed by atoms with van der Waals surface area (Å²) in [7, 11) is 3.13. The maximum Gasteiger partial charge on any atom is 0.248 e. The smallest absolute Gasteiger partial charge is 0.248 e. The summed E-state index contributed by atoms with van der Waals surface area (Å²) in [6, 6.07) is 13.6. The van der Waals surface area contributed by atoms with Crippen molar-refractivity contribution in [3.05, 3.63) is 71.8 Å². The number of nitrogens with zero attached hydrogens (tertiary/aromatic N) is 4. The Kier molecular flexibility index (Phi) is 10.6. The van der Waals surface area contributed by atoms with Gasteiger partial charge < -0.3 is 33.5 Å². The first-order valence-corrected chi connectivity index (χ1v) is 14.0. The van der Waals surface area contributed by atoms with Gasteiger partial charge in [-0.25, -0.2) is 4.98 Å². The number of ether oxygens (including phenoxy) is 4. The molecule has 3 aromatic rings. The van der Waals surface area contributed by atoms with E-state index in [1.807, 2.05) is 62.5 Å². The summed E-state index contributed by atoms with van der Waals surface area (Å²) in [4.78, 5) is 20.8. The lowest BCUT2D eigenvalue weighted by molar-refractivity contribution is -0.138. The average Bonchev–Trinajstić information content (AvgIpc) is 3.29. The largest absolute Gasteiger partial charge is 0.493 e. The van der Waals surface area contributed by atoms with Crippen LogP contribution in [0.15, 0.2) is 54.9 Å². The average molecular weight is 567 g/mol. The quantitative estimate of drug-likeness (QED) is 0.315. The van der Waals surface area contributed by atoms with Crippen molar-refractivity contribution in [2.24, 2.45) is 0 Å². The molecule has 222 valence electrons. The zero-order valence-corrected chi connectivity index (χ0v) is 24.5. The van der Waals surface area contributed by atoms with Crippen molar-refractivity contribution in [3.63, 3.8) is 0 Å². The van der Waals surface area contributed by atoms with Gasteiger partial charge in [0.05, 0.1) is 20.3 Å². The van der Waals surface area contributed by atoms with Gasteiger partial charge >= 0.3 is 0 Å². The van der Waals surface area contributed by atoms with E-state index < -0.39 is 5.60 Å². The molecule has 2 aromatic carbocycles. The number of carbonyl (C=O) groups is 1. The van der Waals surface area contributed by atoms with E-state index in [4.69, 9.17) is 18.9 Å². The maximum absolute atomic E-state index is 12.7. The van der Waals surface area contributed by atoms with Crippen molar-refractivity contribution in [3.8, 4) is 17.2 Å². The van der Waals surface area contributed by atoms with Crippen LogP contribution in [0, 0.1) is 13.8 Å². The van der Waals surface area contributed by atoms with E-state index in [-0.39, 0.29) is 25.7 Å². The number of methoxy groups -OCH3 is 2. The lowest BCUT2D eigenvalue weighted by Gasteiger charge is -2.33. The van der Waals surface area contributed by atoms with Gasteiger partial charge in [-0.2, -0.15) is 0 Å². The fourth-order valence-corrected chi connectivity index (χ4v) is 4.99. The molecule has 1 atom stereocenters. The monoisotopic (exact) mass is 566 g/mol. The van der Waals surface area contributed by atoms with Crippen molar-refractivity contribution in [1.29, 1.82) is 0 Å². The Morgan fingerprint density at radius 1 is 1.02 bits per heavy atom. The van der Waals surface area contributed by atoms with E-state index in [2.05, 4.69) is 14.5 Å². The molecule has 1 aliphatic heterocycles. The molecule has 4 rings (SSSR count). The molecular weight excluding hydrogens is 524 g/mol. The highest BCUT2D eigenvalue weighted by atomic mass is 16.5. The van der Waals surface area contributed by atoms with Gasteiger partial charge in [0.25, 0.3) is 0 Å². The van der Waals surface area contributed by atoms with Crippen LogP contribution >= 0.6 is 0 Å². The predicted molar refractivity (Wildman–Crippen MR) is 155 cm³/mol. The highest BCUT2D eigenvalue weighted by Gasteiger charge is 2.37. The summed E-state index contributed by atoms with van der Waals surface area (Å²) < 4.78 is 24.8. The van der Waals surface area contributed by atoms with E-state index >= 15 is 0 Å². The lowest BCUT2D eigenvalue weighted by atomic mass is 10.0. The van der Waals surface area contributed by atoms with E-state index in [9.17, 15) is 9.90 Å². The van der Waals surface area contributed by atoms with Crippen molar-refractivity contribution in [1.82, 2.24) is 19.4 Å². The van der Waals surface area contributed by atoms with Crippen LogP contribution in [0.3, 0.4) is 0 Å².